The molecule has 0 bridgehead atoms. The predicted octanol–water partition coefficient (Wildman–Crippen LogP) is 4.30. The van der Waals surface area contributed by atoms with Crippen molar-refractivity contribution in [2.24, 2.45) is 12.1 Å². The smallest absolute Gasteiger partial charge is 0.277 e. The fourth-order valence-corrected chi connectivity index (χ4v) is 3.65. The largest absolute Gasteiger partial charge is 0.744 e. The highest BCUT2D eigenvalue weighted by molar-refractivity contribution is 7.85. The summed E-state index contributed by atoms with van der Waals surface area (Å²) in [5.41, 5.74) is 7.30. The van der Waals surface area contributed by atoms with Gasteiger partial charge in [0.15, 0.2) is 12.4 Å². The third-order valence-electron chi connectivity index (χ3n) is 5.28. The number of hydrogen-bond donors (Lipinski definition) is 1. The van der Waals surface area contributed by atoms with Gasteiger partial charge in [-0.3, -0.25) is 4.79 Å². The van der Waals surface area contributed by atoms with E-state index in [2.05, 4.69) is 41.7 Å². The normalized spacial score (nSPS) is 11.4. The first-order valence-electron chi connectivity index (χ1n) is 11.5. The number of carbonyl (C=O) groups excluding carboxylic acids is 1. The molecule has 1 heterocycles. The molecule has 0 radical (unpaired) electrons. The molecule has 3 aromatic rings. The molecular weight excluding hydrogens is 462 g/mol. The van der Waals surface area contributed by atoms with Gasteiger partial charge < -0.3 is 4.55 Å². The van der Waals surface area contributed by atoms with Crippen molar-refractivity contribution in [1.29, 1.82) is 0 Å². The Labute approximate surface area is 208 Å². The van der Waals surface area contributed by atoms with Gasteiger partial charge in [0.2, 0.25) is 0 Å². The van der Waals surface area contributed by atoms with Crippen molar-refractivity contribution in [2.45, 2.75) is 51.3 Å². The molecule has 0 unspecified atom stereocenters. The standard InChI is InChI=1S/C20H25N3O.C7H8O3S/c1-4-5-6-8-17-10-12-18(13-11-17)16(2)21-22-20(24)19-9-7-14-23(3)15-19;1-6-2-4-7(5-3-6)11(8,9)10/h7,9-15H,4-6,8H2,1-3H3;2-5H,1H3,(H,8,9,10)/b21-16+;. The topological polar surface area (TPSA) is 103 Å². The van der Waals surface area contributed by atoms with Gasteiger partial charge in [-0.25, -0.2) is 18.4 Å². The summed E-state index contributed by atoms with van der Waals surface area (Å²) in [6.45, 7) is 5.94. The molecule has 7 nitrogen and oxygen atoms in total. The van der Waals surface area contributed by atoms with Crippen LogP contribution in [-0.2, 0) is 23.6 Å². The summed E-state index contributed by atoms with van der Waals surface area (Å²) >= 11 is 0. The summed E-state index contributed by atoms with van der Waals surface area (Å²) in [6, 6.07) is 17.8. The minimum atomic E-state index is -4.27. The van der Waals surface area contributed by atoms with Crippen LogP contribution in [0.25, 0.3) is 0 Å². The van der Waals surface area contributed by atoms with E-state index in [0.717, 1.165) is 23.3 Å². The zero-order valence-electron chi connectivity index (χ0n) is 20.7. The van der Waals surface area contributed by atoms with E-state index in [1.54, 1.807) is 24.4 Å². The molecule has 0 spiro atoms. The molecule has 0 aliphatic carbocycles. The number of aromatic nitrogens is 1. The molecule has 0 atom stereocenters. The molecule has 1 amide bonds. The monoisotopic (exact) mass is 495 g/mol. The molecule has 186 valence electrons. The van der Waals surface area contributed by atoms with Crippen LogP contribution in [0.3, 0.4) is 0 Å². The van der Waals surface area contributed by atoms with Crippen molar-refractivity contribution in [1.82, 2.24) is 5.43 Å². The molecule has 0 fully saturated rings. The van der Waals surface area contributed by atoms with Crippen LogP contribution in [-0.4, -0.2) is 24.6 Å². The number of pyridine rings is 1. The van der Waals surface area contributed by atoms with Crippen LogP contribution in [0.4, 0.5) is 0 Å². The first-order valence-corrected chi connectivity index (χ1v) is 12.9. The molecule has 0 aliphatic heterocycles. The van der Waals surface area contributed by atoms with Crippen molar-refractivity contribution in [3.8, 4) is 0 Å². The van der Waals surface area contributed by atoms with E-state index in [9.17, 15) is 17.8 Å². The Balaban J connectivity index is 0.000000328. The Morgan fingerprint density at radius 2 is 1.66 bits per heavy atom. The summed E-state index contributed by atoms with van der Waals surface area (Å²) in [5, 5.41) is 4.21. The summed E-state index contributed by atoms with van der Waals surface area (Å²) in [7, 11) is -2.39. The highest BCUT2D eigenvalue weighted by Gasteiger charge is 2.08. The van der Waals surface area contributed by atoms with Crippen LogP contribution in [0, 0.1) is 6.92 Å². The molecule has 0 saturated heterocycles. The van der Waals surface area contributed by atoms with Gasteiger partial charge in [0, 0.05) is 6.07 Å². The van der Waals surface area contributed by atoms with E-state index in [-0.39, 0.29) is 10.8 Å². The fraction of sp³-hybridized carbons (Fsp3) is 0.296. The van der Waals surface area contributed by atoms with Crippen LogP contribution in [0.15, 0.2) is 83.1 Å². The molecule has 0 aliphatic rings. The third-order valence-corrected chi connectivity index (χ3v) is 6.13. The Bertz CT molecular complexity index is 1240. The highest BCUT2D eigenvalue weighted by Crippen LogP contribution is 2.10. The van der Waals surface area contributed by atoms with Gasteiger partial charge in [0.25, 0.3) is 5.91 Å². The van der Waals surface area contributed by atoms with Crippen LogP contribution >= 0.6 is 0 Å². The van der Waals surface area contributed by atoms with Crippen LogP contribution in [0.2, 0.25) is 0 Å². The molecule has 8 heteroatoms. The van der Waals surface area contributed by atoms with E-state index < -0.39 is 10.1 Å². The molecule has 3 rings (SSSR count). The van der Waals surface area contributed by atoms with Gasteiger partial charge in [-0.2, -0.15) is 5.10 Å². The van der Waals surface area contributed by atoms with Crippen molar-refractivity contribution in [3.05, 3.63) is 95.3 Å². The number of nitrogens with one attached hydrogen (secondary N) is 1. The van der Waals surface area contributed by atoms with Crippen LogP contribution in [0.1, 0.15) is 60.2 Å². The molecule has 1 N–H and O–H groups in total. The van der Waals surface area contributed by atoms with Gasteiger partial charge in [-0.05, 0) is 56.0 Å². The van der Waals surface area contributed by atoms with Crippen LogP contribution < -0.4 is 9.99 Å². The average molecular weight is 496 g/mol. The Morgan fingerprint density at radius 3 is 2.23 bits per heavy atom. The summed E-state index contributed by atoms with van der Waals surface area (Å²) in [5.74, 6) is -0.207. The Morgan fingerprint density at radius 1 is 1.00 bits per heavy atom. The highest BCUT2D eigenvalue weighted by atomic mass is 32.2. The second-order valence-electron chi connectivity index (χ2n) is 8.32. The SMILES string of the molecule is CCCCCc1ccc(/C(C)=N/NC(=O)c2ccc[n+](C)c2)cc1.Cc1ccc(S(=O)(=O)[O-])cc1. The lowest BCUT2D eigenvalue weighted by atomic mass is 10.0. The zero-order chi connectivity index (χ0) is 25.8. The lowest BCUT2D eigenvalue weighted by molar-refractivity contribution is -0.671. The van der Waals surface area contributed by atoms with Crippen molar-refractivity contribution in [2.75, 3.05) is 0 Å². The molecule has 0 saturated carbocycles. The molecule has 2 aromatic carbocycles. The van der Waals surface area contributed by atoms with Crippen molar-refractivity contribution >= 4 is 21.7 Å². The molecular formula is C27H33N3O4S. The molecule has 1 aromatic heterocycles. The molecule has 35 heavy (non-hydrogen) atoms. The van der Waals surface area contributed by atoms with E-state index in [0.29, 0.717) is 5.56 Å². The lowest BCUT2D eigenvalue weighted by Gasteiger charge is -2.05. The van der Waals surface area contributed by atoms with E-state index >= 15 is 0 Å². The van der Waals surface area contributed by atoms with Gasteiger partial charge in [0.05, 0.1) is 10.6 Å². The lowest BCUT2D eigenvalue weighted by Crippen LogP contribution is -2.30. The van der Waals surface area contributed by atoms with E-state index in [1.165, 1.54) is 37.0 Å². The number of hydrogen-bond acceptors (Lipinski definition) is 5. The first kappa shape index (κ1) is 27.9. The minimum Gasteiger partial charge on any atom is -0.744 e. The zero-order valence-corrected chi connectivity index (χ0v) is 21.5. The van der Waals surface area contributed by atoms with Gasteiger partial charge in [0.1, 0.15) is 22.7 Å². The number of benzene rings is 2. The van der Waals surface area contributed by atoms with E-state index in [4.69, 9.17) is 0 Å². The maximum absolute atomic E-state index is 12.1. The number of hydrazone groups is 1. The Hall–Kier alpha value is -3.36. The van der Waals surface area contributed by atoms with Crippen molar-refractivity contribution < 1.29 is 22.3 Å². The van der Waals surface area contributed by atoms with Gasteiger partial charge in [-0.15, -0.1) is 0 Å². The summed E-state index contributed by atoms with van der Waals surface area (Å²) < 4.78 is 33.0. The van der Waals surface area contributed by atoms with E-state index in [1.807, 2.05) is 37.7 Å². The minimum absolute atomic E-state index is 0.178. The number of amides is 1. The quantitative estimate of drug-likeness (QED) is 0.165. The fourth-order valence-electron chi connectivity index (χ4n) is 3.18. The van der Waals surface area contributed by atoms with Gasteiger partial charge >= 0.3 is 0 Å². The Kier molecular flexibility index (Phi) is 10.8. The third kappa shape index (κ3) is 9.80. The maximum atomic E-state index is 12.1. The van der Waals surface area contributed by atoms with Gasteiger partial charge in [-0.1, -0.05) is 61.7 Å². The number of nitrogens with zero attached hydrogens (tertiary/aromatic N) is 2. The second-order valence-corrected chi connectivity index (χ2v) is 9.70. The van der Waals surface area contributed by atoms with Crippen LogP contribution in [0.5, 0.6) is 0 Å². The first-order chi connectivity index (χ1) is 16.6. The maximum Gasteiger partial charge on any atom is 0.277 e. The summed E-state index contributed by atoms with van der Waals surface area (Å²) in [6.07, 6.45) is 8.51. The second kappa shape index (κ2) is 13.5. The summed E-state index contributed by atoms with van der Waals surface area (Å²) in [4.78, 5) is 11.9. The predicted molar refractivity (Wildman–Crippen MR) is 136 cm³/mol. The number of carbonyl (C=O) groups is 1. The number of rotatable bonds is 8. The number of unbranched alkanes of at least 4 members (excludes halogenated alkanes) is 2. The number of aryl methyl sites for hydroxylation is 3. The average Bonchev–Trinajstić information content (AvgIpc) is 2.83. The van der Waals surface area contributed by atoms with Crippen molar-refractivity contribution in [3.63, 3.8) is 0 Å².